The maximum Gasteiger partial charge on any atom is 0.338 e. The second-order valence-electron chi connectivity index (χ2n) is 5.37. The number of amides is 1. The summed E-state index contributed by atoms with van der Waals surface area (Å²) in [5, 5.41) is 11.6. The Morgan fingerprint density at radius 3 is 2.45 bits per heavy atom. The van der Waals surface area contributed by atoms with E-state index in [2.05, 4.69) is 5.32 Å². The molecule has 0 spiro atoms. The van der Waals surface area contributed by atoms with Gasteiger partial charge in [-0.3, -0.25) is 4.79 Å². The van der Waals surface area contributed by atoms with Crippen molar-refractivity contribution in [3.05, 3.63) is 35.4 Å². The van der Waals surface area contributed by atoms with Crippen molar-refractivity contribution in [2.45, 2.75) is 25.3 Å². The highest BCUT2D eigenvalue weighted by Crippen LogP contribution is 2.39. The molecule has 1 amide bonds. The molecule has 1 aromatic rings. The Morgan fingerprint density at radius 1 is 1.36 bits per heavy atom. The smallest absolute Gasteiger partial charge is 0.338 e. The molecule has 0 saturated heterocycles. The predicted molar refractivity (Wildman–Crippen MR) is 71.5 cm³/mol. The van der Waals surface area contributed by atoms with Crippen LogP contribution < -0.4 is 5.32 Å². The van der Waals surface area contributed by atoms with Crippen molar-refractivity contribution in [3.8, 4) is 6.07 Å². The summed E-state index contributed by atoms with van der Waals surface area (Å²) in [6, 6.07) is 4.28. The fraction of sp³-hybridized carbons (Fsp3) is 0.400. The molecule has 1 aliphatic rings. The normalized spacial score (nSPS) is 16.3. The summed E-state index contributed by atoms with van der Waals surface area (Å²) < 4.78 is 30.7. The van der Waals surface area contributed by atoms with Crippen LogP contribution in [-0.2, 0) is 9.53 Å². The molecule has 0 radical (unpaired) electrons. The molecule has 7 heteroatoms. The molecule has 0 aliphatic heterocycles. The minimum absolute atomic E-state index is 0.0921. The van der Waals surface area contributed by atoms with E-state index < -0.39 is 35.7 Å². The monoisotopic (exact) mass is 308 g/mol. The van der Waals surface area contributed by atoms with E-state index in [1.54, 1.807) is 6.92 Å². The molecule has 1 N–H and O–H groups in total. The maximum atomic E-state index is 13.0. The Kier molecular flexibility index (Phi) is 4.40. The van der Waals surface area contributed by atoms with Crippen LogP contribution in [-0.4, -0.2) is 24.0 Å². The van der Waals surface area contributed by atoms with Crippen LogP contribution in [0.15, 0.2) is 18.2 Å². The van der Waals surface area contributed by atoms with Crippen molar-refractivity contribution < 1.29 is 23.1 Å². The topological polar surface area (TPSA) is 79.2 Å². The quantitative estimate of drug-likeness (QED) is 0.843. The second kappa shape index (κ2) is 6.10. The fourth-order valence-corrected chi connectivity index (χ4v) is 2.09. The zero-order chi connectivity index (χ0) is 16.3. The van der Waals surface area contributed by atoms with Crippen LogP contribution in [0.3, 0.4) is 0 Å². The first-order valence-corrected chi connectivity index (χ1v) is 6.69. The van der Waals surface area contributed by atoms with Gasteiger partial charge in [-0.05, 0) is 37.8 Å². The van der Waals surface area contributed by atoms with E-state index in [4.69, 9.17) is 10.00 Å². The van der Waals surface area contributed by atoms with Crippen LogP contribution in [0, 0.1) is 28.9 Å². The van der Waals surface area contributed by atoms with Gasteiger partial charge in [0.05, 0.1) is 11.6 Å². The zero-order valence-electron chi connectivity index (χ0n) is 11.9. The van der Waals surface area contributed by atoms with Crippen LogP contribution in [0.5, 0.6) is 0 Å². The highest BCUT2D eigenvalue weighted by atomic mass is 19.1. The lowest BCUT2D eigenvalue weighted by atomic mass is 9.98. The van der Waals surface area contributed by atoms with Gasteiger partial charge in [0.2, 0.25) is 0 Å². The molecule has 1 aliphatic carbocycles. The summed E-state index contributed by atoms with van der Waals surface area (Å²) in [7, 11) is 0. The Balaban J connectivity index is 1.90. The summed E-state index contributed by atoms with van der Waals surface area (Å²) >= 11 is 0. The lowest BCUT2D eigenvalue weighted by Crippen LogP contribution is -2.48. The molecular weight excluding hydrogens is 294 g/mol. The van der Waals surface area contributed by atoms with Crippen molar-refractivity contribution in [2.75, 3.05) is 6.61 Å². The Labute approximate surface area is 125 Å². The average molecular weight is 308 g/mol. The number of esters is 1. The molecule has 1 atom stereocenters. The van der Waals surface area contributed by atoms with E-state index in [0.717, 1.165) is 25.0 Å². The molecule has 5 nitrogen and oxygen atoms in total. The number of hydrogen-bond donors (Lipinski definition) is 1. The first-order chi connectivity index (χ1) is 10.3. The van der Waals surface area contributed by atoms with Crippen molar-refractivity contribution in [1.29, 1.82) is 5.26 Å². The molecule has 1 fully saturated rings. The third-order valence-corrected chi connectivity index (χ3v) is 3.46. The van der Waals surface area contributed by atoms with Gasteiger partial charge in [-0.15, -0.1) is 0 Å². The third kappa shape index (κ3) is 3.79. The molecule has 0 heterocycles. The van der Waals surface area contributed by atoms with E-state index >= 15 is 0 Å². The first kappa shape index (κ1) is 15.9. The summed E-state index contributed by atoms with van der Waals surface area (Å²) in [6.07, 6.45) is 1.71. The molecule has 22 heavy (non-hydrogen) atoms. The predicted octanol–water partition coefficient (Wildman–Crippen LogP) is 1.93. The Hall–Kier alpha value is -2.49. The number of hydrogen-bond acceptors (Lipinski definition) is 4. The second-order valence-corrected chi connectivity index (χ2v) is 5.37. The number of rotatable bonds is 5. The lowest BCUT2D eigenvalue weighted by molar-refractivity contribution is -0.125. The van der Waals surface area contributed by atoms with Crippen LogP contribution >= 0.6 is 0 Å². The molecule has 1 aromatic carbocycles. The van der Waals surface area contributed by atoms with Crippen molar-refractivity contribution in [1.82, 2.24) is 5.32 Å². The number of halogens is 2. The molecule has 2 rings (SSSR count). The van der Waals surface area contributed by atoms with Gasteiger partial charge >= 0.3 is 5.97 Å². The van der Waals surface area contributed by atoms with E-state index in [0.29, 0.717) is 6.07 Å². The van der Waals surface area contributed by atoms with Crippen molar-refractivity contribution >= 4 is 11.9 Å². The molecule has 1 saturated carbocycles. The van der Waals surface area contributed by atoms with Crippen LogP contribution in [0.2, 0.25) is 0 Å². The maximum absolute atomic E-state index is 13.0. The highest BCUT2D eigenvalue weighted by Gasteiger charge is 2.43. The fourth-order valence-electron chi connectivity index (χ4n) is 2.09. The van der Waals surface area contributed by atoms with Crippen LogP contribution in [0.1, 0.15) is 30.1 Å². The van der Waals surface area contributed by atoms with Gasteiger partial charge in [0.25, 0.3) is 5.91 Å². The van der Waals surface area contributed by atoms with Gasteiger partial charge in [0, 0.05) is 6.07 Å². The number of nitrogens with one attached hydrogen (secondary N) is 1. The number of nitriles is 1. The van der Waals surface area contributed by atoms with E-state index in [9.17, 15) is 18.4 Å². The van der Waals surface area contributed by atoms with Crippen molar-refractivity contribution in [2.24, 2.45) is 5.92 Å². The van der Waals surface area contributed by atoms with Gasteiger partial charge in [-0.1, -0.05) is 0 Å². The van der Waals surface area contributed by atoms with E-state index in [1.807, 2.05) is 6.07 Å². The van der Waals surface area contributed by atoms with Gasteiger partial charge in [-0.25, -0.2) is 13.6 Å². The summed E-state index contributed by atoms with van der Waals surface area (Å²) in [4.78, 5) is 23.4. The van der Waals surface area contributed by atoms with Gasteiger partial charge < -0.3 is 10.1 Å². The average Bonchev–Trinajstić information content (AvgIpc) is 3.28. The van der Waals surface area contributed by atoms with Crippen molar-refractivity contribution in [3.63, 3.8) is 0 Å². The molecule has 0 aromatic heterocycles. The summed E-state index contributed by atoms with van der Waals surface area (Å²) in [5.74, 6) is -3.39. The summed E-state index contributed by atoms with van der Waals surface area (Å²) in [6.45, 7) is 0.979. The van der Waals surface area contributed by atoms with Gasteiger partial charge in [-0.2, -0.15) is 5.26 Å². The highest BCUT2D eigenvalue weighted by molar-refractivity contribution is 5.91. The number of ether oxygens (including phenoxy) is 1. The number of benzene rings is 1. The largest absolute Gasteiger partial charge is 0.452 e. The number of nitrogens with zero attached hydrogens (tertiary/aromatic N) is 1. The molecular formula is C15H14F2N2O3. The van der Waals surface area contributed by atoms with Gasteiger partial charge in [0.15, 0.2) is 6.61 Å². The van der Waals surface area contributed by atoms with E-state index in [1.165, 1.54) is 0 Å². The number of carbonyl (C=O) groups is 2. The standard InChI is InChI=1S/C15H14F2N2O3/c1-15(8-18,10-2-3-10)19-13(20)7-22-14(21)9-4-11(16)6-12(17)5-9/h4-6,10H,2-3,7H2,1H3,(H,19,20)/t15-/m1/s1. The van der Waals surface area contributed by atoms with E-state index in [-0.39, 0.29) is 11.5 Å². The Morgan fingerprint density at radius 2 is 1.95 bits per heavy atom. The first-order valence-electron chi connectivity index (χ1n) is 6.69. The molecule has 116 valence electrons. The SMILES string of the molecule is C[C@](C#N)(NC(=O)COC(=O)c1cc(F)cc(F)c1)C1CC1. The minimum Gasteiger partial charge on any atom is -0.452 e. The van der Waals surface area contributed by atoms with Gasteiger partial charge in [0.1, 0.15) is 17.2 Å². The minimum atomic E-state index is -1.02. The zero-order valence-corrected chi connectivity index (χ0v) is 11.9. The number of carbonyl (C=O) groups excluding carboxylic acids is 2. The Bertz CT molecular complexity index is 632. The molecule has 0 unspecified atom stereocenters. The summed E-state index contributed by atoms with van der Waals surface area (Å²) in [5.41, 5.74) is -1.32. The lowest BCUT2D eigenvalue weighted by Gasteiger charge is -2.22. The van der Waals surface area contributed by atoms with Crippen LogP contribution in [0.4, 0.5) is 8.78 Å². The molecule has 0 bridgehead atoms. The van der Waals surface area contributed by atoms with Crippen LogP contribution in [0.25, 0.3) is 0 Å². The third-order valence-electron chi connectivity index (χ3n) is 3.46.